The van der Waals surface area contributed by atoms with Gasteiger partial charge in [-0.2, -0.15) is 5.10 Å². The van der Waals surface area contributed by atoms with E-state index < -0.39 is 11.6 Å². The molecule has 1 aliphatic heterocycles. The molecule has 0 saturated carbocycles. The molecule has 0 radical (unpaired) electrons. The molecule has 0 spiro atoms. The Bertz CT molecular complexity index is 1920. The van der Waals surface area contributed by atoms with Gasteiger partial charge in [-0.1, -0.05) is 36.4 Å². The van der Waals surface area contributed by atoms with Gasteiger partial charge in [0, 0.05) is 42.1 Å². The molecule has 244 valence electrons. The normalized spacial score (nSPS) is 15.1. The lowest BCUT2D eigenvalue weighted by atomic mass is 9.97. The lowest BCUT2D eigenvalue weighted by molar-refractivity contribution is -0.0365. The predicted molar refractivity (Wildman–Crippen MR) is 179 cm³/mol. The number of aromatic amines is 1. The third-order valence-electron chi connectivity index (χ3n) is 8.35. The average molecular weight is 637 g/mol. The Morgan fingerprint density at radius 3 is 2.55 bits per heavy atom. The molecule has 1 atom stereocenters. The number of benzene rings is 2. The first kappa shape index (κ1) is 31.9. The van der Waals surface area contributed by atoms with Crippen molar-refractivity contribution in [3.05, 3.63) is 77.7 Å². The van der Waals surface area contributed by atoms with Gasteiger partial charge < -0.3 is 24.5 Å². The average Bonchev–Trinajstić information content (AvgIpc) is 3.67. The Morgan fingerprint density at radius 1 is 1.09 bits per heavy atom. The molecule has 0 aliphatic carbocycles. The fourth-order valence-corrected chi connectivity index (χ4v) is 5.92. The van der Waals surface area contributed by atoms with E-state index in [4.69, 9.17) is 19.6 Å². The van der Waals surface area contributed by atoms with Gasteiger partial charge in [0.05, 0.1) is 12.1 Å². The Balaban J connectivity index is 1.45. The number of carbonyl (C=O) groups excluding carboxylic acids is 1. The quantitative estimate of drug-likeness (QED) is 0.178. The minimum absolute atomic E-state index is 0.00261. The highest BCUT2D eigenvalue weighted by Gasteiger charge is 2.27. The molecule has 11 heteroatoms. The lowest BCUT2D eigenvalue weighted by Gasteiger charge is -2.27. The predicted octanol–water partition coefficient (Wildman–Crippen LogP) is 7.62. The zero-order chi connectivity index (χ0) is 33.3. The summed E-state index contributed by atoms with van der Waals surface area (Å²) in [5.74, 6) is -0.744. The molecule has 3 aromatic heterocycles. The maximum atomic E-state index is 12.9. The summed E-state index contributed by atoms with van der Waals surface area (Å²) in [6.45, 7) is 11.0. The summed E-state index contributed by atoms with van der Waals surface area (Å²) in [5.41, 5.74) is 5.54. The molecule has 6 rings (SSSR count). The number of nitrogens with one attached hydrogen (secondary N) is 1. The number of hydrogen-bond acceptors (Lipinski definition) is 7. The number of pyridine rings is 1. The second-order valence-corrected chi connectivity index (χ2v) is 12.8. The molecule has 1 aliphatic rings. The van der Waals surface area contributed by atoms with Crippen LogP contribution in [0.25, 0.3) is 44.8 Å². The fourth-order valence-electron chi connectivity index (χ4n) is 5.92. The summed E-state index contributed by atoms with van der Waals surface area (Å²) in [5, 5.41) is 15.9. The molecule has 1 unspecified atom stereocenters. The van der Waals surface area contributed by atoms with Crippen LogP contribution in [-0.2, 0) is 16.0 Å². The number of aromatic carboxylic acids is 1. The van der Waals surface area contributed by atoms with E-state index in [0.717, 1.165) is 52.4 Å². The van der Waals surface area contributed by atoms with Gasteiger partial charge in [0.25, 0.3) is 0 Å². The van der Waals surface area contributed by atoms with Gasteiger partial charge in [0.2, 0.25) is 0 Å². The van der Waals surface area contributed by atoms with Crippen LogP contribution in [0.4, 0.5) is 4.79 Å². The van der Waals surface area contributed by atoms with E-state index in [1.807, 2.05) is 94.0 Å². The first-order valence-corrected chi connectivity index (χ1v) is 16.0. The van der Waals surface area contributed by atoms with Crippen molar-refractivity contribution in [1.29, 1.82) is 0 Å². The Hall–Kier alpha value is -5.03. The van der Waals surface area contributed by atoms with Gasteiger partial charge >= 0.3 is 12.1 Å². The number of carbonyl (C=O) groups is 2. The number of nitrogens with zero attached hydrogens (tertiary/aromatic N) is 5. The van der Waals surface area contributed by atoms with Crippen LogP contribution >= 0.6 is 0 Å². The summed E-state index contributed by atoms with van der Waals surface area (Å²) in [6, 6.07) is 15.3. The maximum Gasteiger partial charge on any atom is 0.410 e. The molecule has 5 aromatic rings. The van der Waals surface area contributed by atoms with Crippen molar-refractivity contribution >= 4 is 23.0 Å². The van der Waals surface area contributed by atoms with E-state index in [9.17, 15) is 14.7 Å². The first-order valence-electron chi connectivity index (χ1n) is 16.0. The maximum absolute atomic E-state index is 12.9. The molecule has 1 fully saturated rings. The lowest BCUT2D eigenvalue weighted by Crippen LogP contribution is -2.36. The molecule has 4 heterocycles. The van der Waals surface area contributed by atoms with Gasteiger partial charge in [-0.25, -0.2) is 19.3 Å². The van der Waals surface area contributed by atoms with Crippen molar-refractivity contribution in [3.8, 4) is 33.9 Å². The van der Waals surface area contributed by atoms with Crippen molar-refractivity contribution in [3.63, 3.8) is 0 Å². The van der Waals surface area contributed by atoms with E-state index in [2.05, 4.69) is 9.97 Å². The molecule has 47 heavy (non-hydrogen) atoms. The number of amides is 1. The van der Waals surface area contributed by atoms with Crippen molar-refractivity contribution in [2.75, 3.05) is 13.2 Å². The van der Waals surface area contributed by atoms with E-state index in [0.29, 0.717) is 42.5 Å². The zero-order valence-electron chi connectivity index (χ0n) is 27.4. The number of imidazole rings is 1. The second kappa shape index (κ2) is 13.0. The summed E-state index contributed by atoms with van der Waals surface area (Å²) in [7, 11) is 0. The number of carboxylic acids is 1. The minimum Gasteiger partial charge on any atom is -0.477 e. The highest BCUT2D eigenvalue weighted by atomic mass is 16.6. The van der Waals surface area contributed by atoms with Crippen LogP contribution in [-0.4, -0.2) is 65.6 Å². The Morgan fingerprint density at radius 2 is 1.87 bits per heavy atom. The topological polar surface area (TPSA) is 135 Å². The van der Waals surface area contributed by atoms with E-state index in [1.54, 1.807) is 11.1 Å². The van der Waals surface area contributed by atoms with Crippen molar-refractivity contribution in [2.45, 2.75) is 72.3 Å². The second-order valence-electron chi connectivity index (χ2n) is 12.8. The number of hydrogen-bond donors (Lipinski definition) is 2. The standard InChI is InChI=1S/C36H40N6O5/c1-6-41(35(45)47-36(3,4)5)21-25-19-37-20-27(22(25)2)24-15-16-28-26(18-24)31(40-42(28)29-14-10-11-17-46-29)33-38-30(32(39-33)34(43)44)23-12-8-7-9-13-23/h7-9,12-13,15-16,18-20,29H,6,10-11,14,17,21H2,1-5H3,(H,38,39)(H,43,44). The van der Waals surface area contributed by atoms with Crippen molar-refractivity contribution < 1.29 is 24.2 Å². The number of H-pyrrole nitrogens is 1. The number of rotatable bonds is 8. The van der Waals surface area contributed by atoms with E-state index in [-0.39, 0.29) is 18.0 Å². The Labute approximate surface area is 273 Å². The first-order chi connectivity index (χ1) is 22.5. The fraction of sp³-hybridized carbons (Fsp3) is 0.361. The molecule has 2 N–H and O–H groups in total. The minimum atomic E-state index is -1.10. The highest BCUT2D eigenvalue weighted by molar-refractivity contribution is 5.98. The smallest absolute Gasteiger partial charge is 0.410 e. The van der Waals surface area contributed by atoms with Crippen LogP contribution in [0.1, 0.15) is 74.8 Å². The highest BCUT2D eigenvalue weighted by Crippen LogP contribution is 2.37. The monoisotopic (exact) mass is 636 g/mol. The molecule has 11 nitrogen and oxygen atoms in total. The van der Waals surface area contributed by atoms with Crippen LogP contribution in [0.15, 0.2) is 60.9 Å². The third kappa shape index (κ3) is 6.62. The summed E-state index contributed by atoms with van der Waals surface area (Å²) in [4.78, 5) is 39.2. The van der Waals surface area contributed by atoms with E-state index >= 15 is 0 Å². The largest absolute Gasteiger partial charge is 0.477 e. The third-order valence-corrected chi connectivity index (χ3v) is 8.35. The molecular formula is C36H40N6O5. The van der Waals surface area contributed by atoms with Crippen molar-refractivity contribution in [2.24, 2.45) is 0 Å². The number of carboxylic acid groups (broad SMARTS) is 1. The summed E-state index contributed by atoms with van der Waals surface area (Å²) >= 11 is 0. The molecule has 1 saturated heterocycles. The summed E-state index contributed by atoms with van der Waals surface area (Å²) in [6.07, 6.45) is 5.84. The van der Waals surface area contributed by atoms with Crippen molar-refractivity contribution in [1.82, 2.24) is 29.6 Å². The molecule has 0 bridgehead atoms. The van der Waals surface area contributed by atoms with Gasteiger partial charge in [-0.05, 0) is 82.7 Å². The van der Waals surface area contributed by atoms with Crippen LogP contribution in [0.5, 0.6) is 0 Å². The molecule has 2 aromatic carbocycles. The van der Waals surface area contributed by atoms with Crippen LogP contribution in [0.3, 0.4) is 0 Å². The van der Waals surface area contributed by atoms with Gasteiger partial charge in [-0.3, -0.25) is 4.98 Å². The number of fused-ring (bicyclic) bond motifs is 1. The SMILES string of the molecule is CCN(Cc1cncc(-c2ccc3c(c2)c(-c2nc(-c4ccccc4)c(C(=O)O)[nH]2)nn3C2CCCCO2)c1C)C(=O)OC(C)(C)C. The zero-order valence-corrected chi connectivity index (χ0v) is 27.4. The van der Waals surface area contributed by atoms with Gasteiger partial charge in [0.1, 0.15) is 17.0 Å². The van der Waals surface area contributed by atoms with Crippen LogP contribution in [0.2, 0.25) is 0 Å². The number of aromatic nitrogens is 5. The van der Waals surface area contributed by atoms with Gasteiger partial charge in [0.15, 0.2) is 17.7 Å². The van der Waals surface area contributed by atoms with Crippen LogP contribution in [0, 0.1) is 6.92 Å². The van der Waals surface area contributed by atoms with Crippen LogP contribution < -0.4 is 0 Å². The number of ether oxygens (including phenoxy) is 2. The Kier molecular flexibility index (Phi) is 8.83. The molecular weight excluding hydrogens is 596 g/mol. The van der Waals surface area contributed by atoms with E-state index in [1.165, 1.54) is 0 Å². The molecule has 1 amide bonds. The summed E-state index contributed by atoms with van der Waals surface area (Å²) < 4.78 is 13.6. The van der Waals surface area contributed by atoms with Gasteiger partial charge in [-0.15, -0.1) is 0 Å².